The Morgan fingerprint density at radius 1 is 1.07 bits per heavy atom. The first-order valence-electron chi connectivity index (χ1n) is 9.29. The number of hydrogen-bond acceptors (Lipinski definition) is 2. The van der Waals surface area contributed by atoms with E-state index < -0.39 is 5.82 Å². The van der Waals surface area contributed by atoms with Gasteiger partial charge in [-0.15, -0.1) is 12.4 Å². The van der Waals surface area contributed by atoms with Gasteiger partial charge in [0, 0.05) is 19.1 Å². The second-order valence-corrected chi connectivity index (χ2v) is 7.48. The Kier molecular flexibility index (Phi) is 7.01. The second-order valence-electron chi connectivity index (χ2n) is 7.48. The predicted octanol–water partition coefficient (Wildman–Crippen LogP) is 4.73. The number of amides is 1. The molecule has 2 aromatic rings. The lowest BCUT2D eigenvalue weighted by Gasteiger charge is -2.33. The number of carbonyl (C=O) groups is 1. The molecule has 1 heterocycles. The lowest BCUT2D eigenvalue weighted by Crippen LogP contribution is -2.42. The van der Waals surface area contributed by atoms with Gasteiger partial charge in [0.2, 0.25) is 0 Å². The third-order valence-corrected chi connectivity index (χ3v) is 5.61. The van der Waals surface area contributed by atoms with Crippen LogP contribution >= 0.6 is 12.4 Å². The fraction of sp³-hybridized carbons (Fsp3) is 0.409. The highest BCUT2D eigenvalue weighted by Crippen LogP contribution is 2.26. The molecule has 2 aromatic carbocycles. The van der Waals surface area contributed by atoms with Crippen LogP contribution < -0.4 is 5.73 Å². The van der Waals surface area contributed by atoms with Gasteiger partial charge >= 0.3 is 0 Å². The smallest absolute Gasteiger partial charge is 0.256 e. The van der Waals surface area contributed by atoms with E-state index in [2.05, 4.69) is 6.92 Å². The first-order valence-corrected chi connectivity index (χ1v) is 9.29. The van der Waals surface area contributed by atoms with Crippen LogP contribution in [-0.2, 0) is 0 Å². The Balaban J connectivity index is 0.00000261. The van der Waals surface area contributed by atoms with E-state index in [4.69, 9.17) is 5.73 Å². The van der Waals surface area contributed by atoms with Crippen LogP contribution in [0.4, 0.5) is 4.39 Å². The van der Waals surface area contributed by atoms with Crippen molar-refractivity contribution >= 4 is 18.3 Å². The van der Waals surface area contributed by atoms with E-state index in [1.165, 1.54) is 17.2 Å². The molecule has 1 amide bonds. The molecule has 1 aliphatic rings. The summed E-state index contributed by atoms with van der Waals surface area (Å²) in [6.07, 6.45) is 1.76. The van der Waals surface area contributed by atoms with Crippen molar-refractivity contribution in [2.45, 2.75) is 39.7 Å². The molecule has 0 bridgehead atoms. The summed E-state index contributed by atoms with van der Waals surface area (Å²) in [6.45, 7) is 7.38. The van der Waals surface area contributed by atoms with E-state index in [0.717, 1.165) is 24.0 Å². The Morgan fingerprint density at radius 3 is 2.22 bits per heavy atom. The van der Waals surface area contributed by atoms with Gasteiger partial charge in [0.25, 0.3) is 5.91 Å². The molecule has 0 radical (unpaired) electrons. The molecule has 0 aliphatic carbocycles. The number of benzene rings is 2. The molecule has 0 aromatic heterocycles. The van der Waals surface area contributed by atoms with Crippen molar-refractivity contribution < 1.29 is 9.18 Å². The number of piperidine rings is 1. The van der Waals surface area contributed by atoms with Gasteiger partial charge in [-0.3, -0.25) is 4.79 Å². The molecule has 5 heteroatoms. The molecule has 3 rings (SSSR count). The number of nitrogens with zero attached hydrogens (tertiary/aromatic N) is 1. The fourth-order valence-electron chi connectivity index (χ4n) is 3.59. The topological polar surface area (TPSA) is 46.3 Å². The minimum absolute atomic E-state index is 0. The first kappa shape index (κ1) is 21.4. The lowest BCUT2D eigenvalue weighted by atomic mass is 9.90. The second kappa shape index (κ2) is 8.85. The number of likely N-dealkylation sites (tertiary alicyclic amines) is 1. The number of nitrogens with two attached hydrogens (primary N) is 1. The van der Waals surface area contributed by atoms with Crippen LogP contribution in [0.5, 0.6) is 0 Å². The van der Waals surface area contributed by atoms with Gasteiger partial charge in [0.15, 0.2) is 0 Å². The number of hydrogen-bond donors (Lipinski definition) is 1. The summed E-state index contributed by atoms with van der Waals surface area (Å²) < 4.78 is 14.7. The first-order chi connectivity index (χ1) is 12.4. The van der Waals surface area contributed by atoms with E-state index in [1.807, 2.05) is 38.1 Å². The van der Waals surface area contributed by atoms with Crippen molar-refractivity contribution in [3.8, 4) is 11.1 Å². The zero-order valence-electron chi connectivity index (χ0n) is 16.2. The molecular formula is C22H28ClFN2O. The molecule has 0 saturated carbocycles. The summed E-state index contributed by atoms with van der Waals surface area (Å²) in [5, 5.41) is 0. The summed E-state index contributed by atoms with van der Waals surface area (Å²) in [5.74, 6) is -0.242. The number of halogens is 2. The SMILES string of the molecule is Cc1ccc(-c2ccc(C(=O)N3CCC(C(C)N)CC3)c(F)c2)cc1C.Cl. The van der Waals surface area contributed by atoms with Crippen LogP contribution in [0.1, 0.15) is 41.3 Å². The normalized spacial score (nSPS) is 16.0. The highest BCUT2D eigenvalue weighted by atomic mass is 35.5. The van der Waals surface area contributed by atoms with Crippen LogP contribution in [0, 0.1) is 25.6 Å². The maximum atomic E-state index is 14.7. The molecule has 1 atom stereocenters. The Bertz CT molecular complexity index is 814. The minimum atomic E-state index is -0.458. The molecule has 1 saturated heterocycles. The van der Waals surface area contributed by atoms with Crippen molar-refractivity contribution in [1.29, 1.82) is 0 Å². The fourth-order valence-corrected chi connectivity index (χ4v) is 3.59. The van der Waals surface area contributed by atoms with Crippen LogP contribution in [0.15, 0.2) is 36.4 Å². The molecule has 27 heavy (non-hydrogen) atoms. The van der Waals surface area contributed by atoms with Gasteiger partial charge in [0.1, 0.15) is 5.82 Å². The van der Waals surface area contributed by atoms with Gasteiger partial charge in [-0.05, 0) is 73.9 Å². The summed E-state index contributed by atoms with van der Waals surface area (Å²) in [5.41, 5.74) is 10.2. The molecule has 3 nitrogen and oxygen atoms in total. The van der Waals surface area contributed by atoms with Crippen molar-refractivity contribution in [2.24, 2.45) is 11.7 Å². The minimum Gasteiger partial charge on any atom is -0.339 e. The largest absolute Gasteiger partial charge is 0.339 e. The zero-order chi connectivity index (χ0) is 18.8. The average molecular weight is 391 g/mol. The van der Waals surface area contributed by atoms with E-state index in [0.29, 0.717) is 19.0 Å². The monoisotopic (exact) mass is 390 g/mol. The molecule has 0 spiro atoms. The third-order valence-electron chi connectivity index (χ3n) is 5.61. The van der Waals surface area contributed by atoms with Crippen LogP contribution in [0.25, 0.3) is 11.1 Å². The lowest BCUT2D eigenvalue weighted by molar-refractivity contribution is 0.0676. The van der Waals surface area contributed by atoms with Crippen molar-refractivity contribution in [2.75, 3.05) is 13.1 Å². The molecule has 1 fully saturated rings. The average Bonchev–Trinajstić information content (AvgIpc) is 2.63. The van der Waals surface area contributed by atoms with Crippen LogP contribution in [0.3, 0.4) is 0 Å². The summed E-state index contributed by atoms with van der Waals surface area (Å²) in [4.78, 5) is 14.4. The summed E-state index contributed by atoms with van der Waals surface area (Å²) >= 11 is 0. The molecule has 146 valence electrons. The molecule has 1 unspecified atom stereocenters. The van der Waals surface area contributed by atoms with Gasteiger partial charge < -0.3 is 10.6 Å². The van der Waals surface area contributed by atoms with Gasteiger partial charge in [0.05, 0.1) is 5.56 Å². The Labute approximate surface area is 167 Å². The zero-order valence-corrected chi connectivity index (χ0v) is 17.0. The van der Waals surface area contributed by atoms with Crippen molar-refractivity contribution in [3.05, 3.63) is 58.9 Å². The van der Waals surface area contributed by atoms with Crippen molar-refractivity contribution in [3.63, 3.8) is 0 Å². The number of carbonyl (C=O) groups excluding carboxylic acids is 1. The predicted molar refractivity (Wildman–Crippen MR) is 111 cm³/mol. The maximum Gasteiger partial charge on any atom is 0.256 e. The third kappa shape index (κ3) is 4.69. The maximum absolute atomic E-state index is 14.7. The van der Waals surface area contributed by atoms with Gasteiger partial charge in [-0.1, -0.05) is 24.3 Å². The van der Waals surface area contributed by atoms with Crippen molar-refractivity contribution in [1.82, 2.24) is 4.90 Å². The van der Waals surface area contributed by atoms with Crippen LogP contribution in [-0.4, -0.2) is 29.9 Å². The Hall–Kier alpha value is -1.91. The number of rotatable bonds is 3. The molecule has 2 N–H and O–H groups in total. The summed E-state index contributed by atoms with van der Waals surface area (Å²) in [6, 6.07) is 11.1. The van der Waals surface area contributed by atoms with Gasteiger partial charge in [-0.2, -0.15) is 0 Å². The van der Waals surface area contributed by atoms with E-state index in [-0.39, 0.29) is 29.9 Å². The van der Waals surface area contributed by atoms with Crippen LogP contribution in [0.2, 0.25) is 0 Å². The van der Waals surface area contributed by atoms with E-state index >= 15 is 0 Å². The van der Waals surface area contributed by atoms with E-state index in [1.54, 1.807) is 11.0 Å². The Morgan fingerprint density at radius 2 is 1.67 bits per heavy atom. The summed E-state index contributed by atoms with van der Waals surface area (Å²) in [7, 11) is 0. The highest BCUT2D eigenvalue weighted by Gasteiger charge is 2.26. The number of aryl methyl sites for hydroxylation is 2. The van der Waals surface area contributed by atoms with E-state index in [9.17, 15) is 9.18 Å². The molecule has 1 aliphatic heterocycles. The molecular weight excluding hydrogens is 363 g/mol. The quantitative estimate of drug-likeness (QED) is 0.823. The highest BCUT2D eigenvalue weighted by molar-refractivity contribution is 5.95. The van der Waals surface area contributed by atoms with Gasteiger partial charge in [-0.25, -0.2) is 4.39 Å². The standard InChI is InChI=1S/C22H27FN2O.ClH/c1-14-4-5-18(12-15(14)2)19-6-7-20(21(23)13-19)22(26)25-10-8-17(9-11-25)16(3)24;/h4-7,12-13,16-17H,8-11,24H2,1-3H3;1H.